The number of hydrogen-bond acceptors (Lipinski definition) is 5. The maximum absolute atomic E-state index is 6.34. The third-order valence-electron chi connectivity index (χ3n) is 12.1. The van der Waals surface area contributed by atoms with Crippen LogP contribution in [0.25, 0.3) is 127 Å². The summed E-state index contributed by atoms with van der Waals surface area (Å²) in [6.45, 7) is 4.25. The Balaban J connectivity index is 0.00000141. The monoisotopic (exact) mass is 824 g/mol. The summed E-state index contributed by atoms with van der Waals surface area (Å²) in [7, 11) is 0. The summed E-state index contributed by atoms with van der Waals surface area (Å²) in [5.74, 6) is 1.68. The molecule has 0 aliphatic carbocycles. The average Bonchev–Trinajstić information content (AvgIpc) is 4.04. The zero-order valence-electron chi connectivity index (χ0n) is 35.3. The molecular weight excluding hydrogens is 785 g/mol. The third-order valence-corrected chi connectivity index (χ3v) is 12.1. The van der Waals surface area contributed by atoms with Crippen molar-refractivity contribution in [3.05, 3.63) is 194 Å². The van der Waals surface area contributed by atoms with Gasteiger partial charge in [-0.1, -0.05) is 178 Å². The van der Waals surface area contributed by atoms with Crippen LogP contribution in [0, 0.1) is 0 Å². The van der Waals surface area contributed by atoms with Gasteiger partial charge in [0.25, 0.3) is 0 Å². The SMILES string of the molecule is CCC.c1ccc(-c2nc(-c3ccc4c(c3)oc3ccccc34)nc(-n3c4ccc5ccccc5c4c4cccc(-c5ccc(-c6cccc7oc8ccccc8c67)cc5)c43)n2)cc1. The van der Waals surface area contributed by atoms with E-state index in [0.717, 1.165) is 99.1 Å². The van der Waals surface area contributed by atoms with Crippen LogP contribution in [0.5, 0.6) is 0 Å². The maximum Gasteiger partial charge on any atom is 0.238 e. The smallest absolute Gasteiger partial charge is 0.238 e. The van der Waals surface area contributed by atoms with Crippen molar-refractivity contribution in [3.63, 3.8) is 0 Å². The van der Waals surface area contributed by atoms with E-state index >= 15 is 0 Å². The lowest BCUT2D eigenvalue weighted by Gasteiger charge is -2.13. The number of benzene rings is 9. The first-order chi connectivity index (χ1) is 31.6. The maximum atomic E-state index is 6.34. The molecule has 0 aliphatic rings. The Morgan fingerprint density at radius 2 is 0.953 bits per heavy atom. The van der Waals surface area contributed by atoms with Crippen LogP contribution in [-0.4, -0.2) is 19.5 Å². The number of hydrogen-bond donors (Lipinski definition) is 0. The Morgan fingerprint density at radius 1 is 0.391 bits per heavy atom. The van der Waals surface area contributed by atoms with Gasteiger partial charge in [0.1, 0.15) is 22.3 Å². The van der Waals surface area contributed by atoms with Gasteiger partial charge in [-0.3, -0.25) is 4.57 Å². The van der Waals surface area contributed by atoms with E-state index in [1.165, 1.54) is 17.2 Å². The lowest BCUT2D eigenvalue weighted by molar-refractivity contribution is 0.668. The zero-order chi connectivity index (χ0) is 42.7. The molecule has 0 aliphatic heterocycles. The summed E-state index contributed by atoms with van der Waals surface area (Å²) in [6, 6.07) is 67.5. The van der Waals surface area contributed by atoms with Crippen LogP contribution < -0.4 is 0 Å². The van der Waals surface area contributed by atoms with Crippen molar-refractivity contribution in [3.8, 4) is 51.0 Å². The molecule has 0 spiro atoms. The fourth-order valence-electron chi connectivity index (χ4n) is 9.30. The van der Waals surface area contributed by atoms with Gasteiger partial charge in [-0.15, -0.1) is 0 Å². The van der Waals surface area contributed by atoms with Crippen molar-refractivity contribution in [2.75, 3.05) is 0 Å². The highest BCUT2D eigenvalue weighted by Crippen LogP contribution is 2.43. The van der Waals surface area contributed by atoms with Crippen LogP contribution in [-0.2, 0) is 0 Å². The number of rotatable bonds is 5. The lowest BCUT2D eigenvalue weighted by atomic mass is 9.96. The molecule has 13 aromatic rings. The highest BCUT2D eigenvalue weighted by molar-refractivity contribution is 6.23. The molecule has 0 amide bonds. The minimum atomic E-state index is 0.534. The first-order valence-corrected chi connectivity index (χ1v) is 21.8. The number of para-hydroxylation sites is 3. The summed E-state index contributed by atoms with van der Waals surface area (Å²) in [5.41, 5.74) is 11.6. The molecule has 0 fully saturated rings. The van der Waals surface area contributed by atoms with Crippen molar-refractivity contribution in [1.82, 2.24) is 19.5 Å². The molecule has 13 rings (SSSR count). The summed E-state index contributed by atoms with van der Waals surface area (Å²) in [4.78, 5) is 15.8. The second-order valence-corrected chi connectivity index (χ2v) is 16.2. The molecule has 4 aromatic heterocycles. The van der Waals surface area contributed by atoms with Crippen LogP contribution in [0.3, 0.4) is 0 Å². The van der Waals surface area contributed by atoms with Gasteiger partial charge in [-0.05, 0) is 63.9 Å². The van der Waals surface area contributed by atoms with Crippen LogP contribution in [0.2, 0.25) is 0 Å². The van der Waals surface area contributed by atoms with Gasteiger partial charge in [0.15, 0.2) is 11.6 Å². The fraction of sp³-hybridized carbons (Fsp3) is 0.0517. The van der Waals surface area contributed by atoms with E-state index in [-0.39, 0.29) is 0 Å². The van der Waals surface area contributed by atoms with Crippen molar-refractivity contribution in [2.45, 2.75) is 20.3 Å². The van der Waals surface area contributed by atoms with Crippen LogP contribution in [0.4, 0.5) is 0 Å². The average molecular weight is 825 g/mol. The Morgan fingerprint density at radius 3 is 1.75 bits per heavy atom. The molecule has 4 heterocycles. The zero-order valence-corrected chi connectivity index (χ0v) is 35.3. The van der Waals surface area contributed by atoms with Crippen molar-refractivity contribution in [2.24, 2.45) is 0 Å². The Bertz CT molecular complexity index is 3900. The van der Waals surface area contributed by atoms with Gasteiger partial charge in [0.2, 0.25) is 5.95 Å². The summed E-state index contributed by atoms with van der Waals surface area (Å²) >= 11 is 0. The van der Waals surface area contributed by atoms with Gasteiger partial charge < -0.3 is 8.83 Å². The molecule has 0 radical (unpaired) electrons. The van der Waals surface area contributed by atoms with E-state index in [1.807, 2.05) is 72.8 Å². The molecule has 6 heteroatoms. The van der Waals surface area contributed by atoms with Crippen molar-refractivity contribution < 1.29 is 8.83 Å². The van der Waals surface area contributed by atoms with Gasteiger partial charge in [-0.2, -0.15) is 9.97 Å². The molecule has 64 heavy (non-hydrogen) atoms. The standard InChI is InChI=1S/C55H32N4O2.C3H8/c1-2-13-36(14-3-1)53-56-54(37-28-30-42-41-16-6-8-21-46(41)61-49(42)32-37)58-55(57-53)59-45-31-29-33-12-4-5-15-38(33)50(45)44-20-10-19-40(52(44)59)35-26-24-34(25-27-35)39-18-11-23-48-51(39)43-17-7-9-22-47(43)60-48;1-3-2/h1-32H;3H2,1-2H3. The molecule has 9 aromatic carbocycles. The quantitative estimate of drug-likeness (QED) is 0.173. The predicted octanol–water partition coefficient (Wildman–Crippen LogP) is 16.0. The van der Waals surface area contributed by atoms with Crippen LogP contribution >= 0.6 is 0 Å². The number of furan rings is 2. The minimum Gasteiger partial charge on any atom is -0.456 e. The first kappa shape index (κ1) is 37.4. The van der Waals surface area contributed by atoms with Crippen LogP contribution in [0.15, 0.2) is 203 Å². The molecule has 0 unspecified atom stereocenters. The molecule has 0 atom stereocenters. The van der Waals surface area contributed by atoms with Crippen LogP contribution in [0.1, 0.15) is 20.3 Å². The first-order valence-electron chi connectivity index (χ1n) is 21.8. The molecule has 304 valence electrons. The molecule has 0 saturated heterocycles. The normalized spacial score (nSPS) is 11.7. The summed E-state index contributed by atoms with van der Waals surface area (Å²) in [6.07, 6.45) is 1.25. The second-order valence-electron chi connectivity index (χ2n) is 16.2. The van der Waals surface area contributed by atoms with Crippen molar-refractivity contribution >= 4 is 76.5 Å². The molecule has 6 nitrogen and oxygen atoms in total. The van der Waals surface area contributed by atoms with E-state index in [2.05, 4.69) is 140 Å². The highest BCUT2D eigenvalue weighted by atomic mass is 16.3. The number of fused-ring (bicyclic) bond motifs is 11. The van der Waals surface area contributed by atoms with E-state index in [0.29, 0.717) is 17.6 Å². The Kier molecular flexibility index (Phi) is 8.90. The molecule has 0 N–H and O–H groups in total. The summed E-state index contributed by atoms with van der Waals surface area (Å²) < 4.78 is 14.8. The lowest BCUT2D eigenvalue weighted by Crippen LogP contribution is -2.07. The van der Waals surface area contributed by atoms with Gasteiger partial charge >= 0.3 is 0 Å². The molecule has 0 bridgehead atoms. The Labute approximate surface area is 368 Å². The third kappa shape index (κ3) is 6.06. The van der Waals surface area contributed by atoms with E-state index < -0.39 is 0 Å². The van der Waals surface area contributed by atoms with Crippen molar-refractivity contribution in [1.29, 1.82) is 0 Å². The minimum absolute atomic E-state index is 0.534. The van der Waals surface area contributed by atoms with Gasteiger partial charge in [-0.25, -0.2) is 4.98 Å². The second kappa shape index (κ2) is 15.2. The topological polar surface area (TPSA) is 69.9 Å². The predicted molar refractivity (Wildman–Crippen MR) is 264 cm³/mol. The van der Waals surface area contributed by atoms with E-state index in [4.69, 9.17) is 23.8 Å². The molecule has 0 saturated carbocycles. The Hall–Kier alpha value is -8.35. The molecular formula is C58H40N4O2. The van der Waals surface area contributed by atoms with E-state index in [9.17, 15) is 0 Å². The highest BCUT2D eigenvalue weighted by Gasteiger charge is 2.23. The summed E-state index contributed by atoms with van der Waals surface area (Å²) in [5, 5.41) is 8.98. The van der Waals surface area contributed by atoms with E-state index in [1.54, 1.807) is 0 Å². The number of aromatic nitrogens is 4. The largest absolute Gasteiger partial charge is 0.456 e. The number of nitrogens with zero attached hydrogens (tertiary/aromatic N) is 4. The van der Waals surface area contributed by atoms with Gasteiger partial charge in [0.05, 0.1) is 11.0 Å². The van der Waals surface area contributed by atoms with Gasteiger partial charge in [0, 0.05) is 49.0 Å². The fourth-order valence-corrected chi connectivity index (χ4v) is 9.30.